The van der Waals surface area contributed by atoms with Gasteiger partial charge in [-0.2, -0.15) is 0 Å². The summed E-state index contributed by atoms with van der Waals surface area (Å²) >= 11 is 0. The summed E-state index contributed by atoms with van der Waals surface area (Å²) in [7, 11) is 0. The fourth-order valence-corrected chi connectivity index (χ4v) is 6.03. The van der Waals surface area contributed by atoms with Crippen molar-refractivity contribution in [2.75, 3.05) is 4.90 Å². The quantitative estimate of drug-likeness (QED) is 0.517. The number of ether oxygens (including phenoxy) is 1. The highest BCUT2D eigenvalue weighted by Gasteiger charge is 2.70. The number of anilines is 1. The topological polar surface area (TPSA) is 55.6 Å². The molecule has 0 radical (unpaired) electrons. The van der Waals surface area contributed by atoms with Gasteiger partial charge in [0.25, 0.3) is 5.69 Å². The van der Waals surface area contributed by atoms with Crippen LogP contribution in [-0.2, 0) is 12.0 Å². The maximum Gasteiger partial charge on any atom is 0.270 e. The van der Waals surface area contributed by atoms with Crippen molar-refractivity contribution in [1.29, 1.82) is 0 Å². The predicted molar refractivity (Wildman–Crippen MR) is 104 cm³/mol. The number of nitro groups is 1. The van der Waals surface area contributed by atoms with Crippen LogP contribution in [0.3, 0.4) is 0 Å². The van der Waals surface area contributed by atoms with Crippen LogP contribution in [0.5, 0.6) is 5.75 Å². The average molecular weight is 364 g/mol. The lowest BCUT2D eigenvalue weighted by molar-refractivity contribution is -0.385. The minimum Gasteiger partial charge on any atom is -0.466 e. The van der Waals surface area contributed by atoms with Gasteiger partial charge in [0.05, 0.1) is 16.9 Å². The molecule has 5 heteroatoms. The lowest BCUT2D eigenvalue weighted by Gasteiger charge is -2.61. The lowest BCUT2D eigenvalue weighted by atomic mass is 9.56. The normalized spacial score (nSPS) is 29.8. The monoisotopic (exact) mass is 364 g/mol. The van der Waals surface area contributed by atoms with E-state index in [2.05, 4.69) is 49.9 Å². The number of para-hydroxylation sites is 1. The van der Waals surface area contributed by atoms with Crippen LogP contribution in [0.4, 0.5) is 11.4 Å². The first-order valence-corrected chi connectivity index (χ1v) is 9.64. The summed E-state index contributed by atoms with van der Waals surface area (Å²) in [5.41, 5.74) is 2.88. The molecule has 1 saturated carbocycles. The fraction of sp³-hybridized carbons (Fsp3) is 0.455. The van der Waals surface area contributed by atoms with Crippen molar-refractivity contribution >= 4 is 11.4 Å². The Bertz CT molecular complexity index is 970. The molecule has 2 aromatic rings. The van der Waals surface area contributed by atoms with Gasteiger partial charge in [0.15, 0.2) is 5.72 Å². The van der Waals surface area contributed by atoms with E-state index in [1.54, 1.807) is 18.2 Å². The Morgan fingerprint density at radius 3 is 2.67 bits per heavy atom. The van der Waals surface area contributed by atoms with Crippen LogP contribution in [0, 0.1) is 15.5 Å². The molecule has 2 aromatic carbocycles. The second kappa shape index (κ2) is 5.03. The van der Waals surface area contributed by atoms with Crippen molar-refractivity contribution in [3.8, 4) is 5.75 Å². The van der Waals surface area contributed by atoms with Crippen molar-refractivity contribution in [1.82, 2.24) is 0 Å². The number of rotatable bonds is 1. The first-order chi connectivity index (χ1) is 12.8. The smallest absolute Gasteiger partial charge is 0.270 e. The van der Waals surface area contributed by atoms with Gasteiger partial charge < -0.3 is 9.64 Å². The first-order valence-electron chi connectivity index (χ1n) is 9.64. The van der Waals surface area contributed by atoms with Crippen LogP contribution >= 0.6 is 0 Å². The Labute approximate surface area is 159 Å². The van der Waals surface area contributed by atoms with Gasteiger partial charge in [-0.25, -0.2) is 0 Å². The second-order valence-electron chi connectivity index (χ2n) is 8.97. The molecule has 2 aliphatic heterocycles. The van der Waals surface area contributed by atoms with Gasteiger partial charge in [-0.05, 0) is 37.5 Å². The van der Waals surface area contributed by atoms with E-state index in [1.807, 2.05) is 0 Å². The predicted octanol–water partition coefficient (Wildman–Crippen LogP) is 5.17. The van der Waals surface area contributed by atoms with Crippen molar-refractivity contribution < 1.29 is 9.66 Å². The Morgan fingerprint density at radius 2 is 1.89 bits per heavy atom. The van der Waals surface area contributed by atoms with Crippen molar-refractivity contribution in [2.45, 2.75) is 57.7 Å². The second-order valence-corrected chi connectivity index (χ2v) is 8.97. The molecule has 1 aliphatic carbocycles. The molecule has 2 unspecified atom stereocenters. The number of hydrogen-bond acceptors (Lipinski definition) is 4. The molecule has 5 nitrogen and oxygen atoms in total. The molecule has 2 atom stereocenters. The van der Waals surface area contributed by atoms with E-state index in [1.165, 1.54) is 17.7 Å². The van der Waals surface area contributed by atoms with E-state index >= 15 is 0 Å². The first kappa shape index (κ1) is 16.6. The summed E-state index contributed by atoms with van der Waals surface area (Å²) in [4.78, 5) is 13.3. The highest BCUT2D eigenvalue weighted by Crippen LogP contribution is 2.66. The van der Waals surface area contributed by atoms with Gasteiger partial charge >= 0.3 is 0 Å². The summed E-state index contributed by atoms with van der Waals surface area (Å²) in [6, 6.07) is 13.6. The third-order valence-corrected chi connectivity index (χ3v) is 7.15. The van der Waals surface area contributed by atoms with Crippen LogP contribution in [-0.4, -0.2) is 10.6 Å². The van der Waals surface area contributed by atoms with Crippen molar-refractivity contribution in [2.24, 2.45) is 5.41 Å². The van der Waals surface area contributed by atoms with Gasteiger partial charge in [-0.3, -0.25) is 10.1 Å². The van der Waals surface area contributed by atoms with Crippen LogP contribution in [0.2, 0.25) is 0 Å². The molecule has 27 heavy (non-hydrogen) atoms. The minimum absolute atomic E-state index is 0.0571. The molecule has 0 saturated heterocycles. The van der Waals surface area contributed by atoms with E-state index in [0.717, 1.165) is 24.2 Å². The van der Waals surface area contributed by atoms with Gasteiger partial charge in [-0.15, -0.1) is 0 Å². The number of nitro benzene ring substituents is 1. The third kappa shape index (κ3) is 1.84. The van der Waals surface area contributed by atoms with Crippen LogP contribution < -0.4 is 9.64 Å². The maximum atomic E-state index is 11.2. The van der Waals surface area contributed by atoms with E-state index in [-0.39, 0.29) is 21.4 Å². The minimum atomic E-state index is -0.481. The molecular formula is C22H24N2O3. The van der Waals surface area contributed by atoms with Gasteiger partial charge in [0.2, 0.25) is 0 Å². The summed E-state index contributed by atoms with van der Waals surface area (Å²) in [6.45, 7) is 7.58. The number of nitrogens with zero attached hydrogens (tertiary/aromatic N) is 2. The van der Waals surface area contributed by atoms with Crippen LogP contribution in [0.15, 0.2) is 42.5 Å². The number of hydrogen-bond donors (Lipinski definition) is 0. The Kier molecular flexibility index (Phi) is 3.09. The van der Waals surface area contributed by atoms with E-state index < -0.39 is 5.72 Å². The van der Waals surface area contributed by atoms with Gasteiger partial charge in [-0.1, -0.05) is 38.5 Å². The zero-order valence-corrected chi connectivity index (χ0v) is 16.0. The Morgan fingerprint density at radius 1 is 1.11 bits per heavy atom. The Balaban J connectivity index is 1.77. The highest BCUT2D eigenvalue weighted by molar-refractivity contribution is 5.69. The molecule has 0 N–H and O–H groups in total. The maximum absolute atomic E-state index is 11.2. The summed E-state index contributed by atoms with van der Waals surface area (Å²) in [5, 5.41) is 11.2. The van der Waals surface area contributed by atoms with Crippen molar-refractivity contribution in [3.63, 3.8) is 0 Å². The zero-order chi connectivity index (χ0) is 19.0. The molecule has 3 aliphatic rings. The Hall–Kier alpha value is -2.56. The van der Waals surface area contributed by atoms with E-state index in [4.69, 9.17) is 4.74 Å². The van der Waals surface area contributed by atoms with Gasteiger partial charge in [0, 0.05) is 28.8 Å². The number of benzene rings is 2. The standard InChI is InChI=1S/C22H24N2O3/c1-20(2)11-6-12-21(3)17-7-4-5-8-18(17)23-14-15-13-16(24(25)26)9-10-19(15)27-22(20,21)23/h4-5,7-10,13H,6,11-12,14H2,1-3H3. The molecule has 140 valence electrons. The molecular weight excluding hydrogens is 340 g/mol. The number of fused-ring (bicyclic) bond motifs is 4. The summed E-state index contributed by atoms with van der Waals surface area (Å²) in [6.07, 6.45) is 3.34. The SMILES string of the molecule is CC1(C)CCCC2(C)c3ccccc3N3Cc4cc([N+](=O)[O-])ccc4OC312. The van der Waals surface area contributed by atoms with Crippen molar-refractivity contribution in [3.05, 3.63) is 63.7 Å². The van der Waals surface area contributed by atoms with E-state index in [0.29, 0.717) is 6.54 Å². The number of non-ortho nitro benzene ring substituents is 1. The molecule has 1 fully saturated rings. The van der Waals surface area contributed by atoms with Gasteiger partial charge in [0.1, 0.15) is 5.75 Å². The van der Waals surface area contributed by atoms with Crippen LogP contribution in [0.25, 0.3) is 0 Å². The average Bonchev–Trinajstić information content (AvgIpc) is 2.87. The molecule has 2 heterocycles. The molecule has 0 bridgehead atoms. The molecule has 5 rings (SSSR count). The van der Waals surface area contributed by atoms with Crippen LogP contribution in [0.1, 0.15) is 51.2 Å². The fourth-order valence-electron chi connectivity index (χ4n) is 6.03. The zero-order valence-electron chi connectivity index (χ0n) is 16.0. The summed E-state index contributed by atoms with van der Waals surface area (Å²) in [5.74, 6) is 0.783. The highest BCUT2D eigenvalue weighted by atomic mass is 16.6. The summed E-state index contributed by atoms with van der Waals surface area (Å²) < 4.78 is 6.89. The van der Waals surface area contributed by atoms with E-state index in [9.17, 15) is 10.1 Å². The molecule has 0 amide bonds. The molecule has 1 spiro atoms. The largest absolute Gasteiger partial charge is 0.466 e. The molecule has 0 aromatic heterocycles. The third-order valence-electron chi connectivity index (χ3n) is 7.15. The lowest BCUT2D eigenvalue weighted by Crippen LogP contribution is -2.71.